The molecule has 1 unspecified atom stereocenters. The van der Waals surface area contributed by atoms with Crippen LogP contribution in [0.5, 0.6) is 0 Å². The molecule has 1 aromatic rings. The Balaban J connectivity index is 2.10. The highest BCUT2D eigenvalue weighted by atomic mass is 32.1. The molecule has 3 N–H and O–H groups in total. The molecule has 3 nitrogen and oxygen atoms in total. The Kier molecular flexibility index (Phi) is 4.58. The lowest BCUT2D eigenvalue weighted by Gasteiger charge is -2.35. The Morgan fingerprint density at radius 1 is 1.47 bits per heavy atom. The van der Waals surface area contributed by atoms with Crippen LogP contribution in [0.15, 0.2) is 17.5 Å². The third-order valence-corrected chi connectivity index (χ3v) is 5.38. The molecule has 1 aliphatic rings. The van der Waals surface area contributed by atoms with Crippen LogP contribution >= 0.6 is 23.6 Å². The maximum absolute atomic E-state index is 12.6. The second kappa shape index (κ2) is 6.01. The van der Waals surface area contributed by atoms with Crippen molar-refractivity contribution in [3.05, 3.63) is 22.4 Å². The highest BCUT2D eigenvalue weighted by Gasteiger charge is 2.42. The van der Waals surface area contributed by atoms with E-state index in [1.54, 1.807) is 11.3 Å². The predicted molar refractivity (Wildman–Crippen MR) is 83.2 cm³/mol. The maximum atomic E-state index is 12.6. The zero-order valence-electron chi connectivity index (χ0n) is 11.1. The molecule has 0 spiro atoms. The van der Waals surface area contributed by atoms with Gasteiger partial charge in [-0.15, -0.1) is 11.3 Å². The summed E-state index contributed by atoms with van der Waals surface area (Å²) in [5.41, 5.74) is 5.24. The lowest BCUT2D eigenvalue weighted by molar-refractivity contribution is -0.129. The lowest BCUT2D eigenvalue weighted by Crippen LogP contribution is -2.50. The van der Waals surface area contributed by atoms with Crippen molar-refractivity contribution in [2.24, 2.45) is 11.1 Å². The van der Waals surface area contributed by atoms with Gasteiger partial charge >= 0.3 is 0 Å². The number of nitrogens with two attached hydrogens (primary N) is 1. The van der Waals surface area contributed by atoms with Crippen LogP contribution in [0, 0.1) is 5.41 Å². The third kappa shape index (κ3) is 2.98. The summed E-state index contributed by atoms with van der Waals surface area (Å²) < 4.78 is 0. The summed E-state index contributed by atoms with van der Waals surface area (Å²) >= 11 is 6.82. The largest absolute Gasteiger partial charge is 0.392 e. The van der Waals surface area contributed by atoms with Gasteiger partial charge in [0.1, 0.15) is 0 Å². The van der Waals surface area contributed by atoms with Crippen molar-refractivity contribution in [1.82, 2.24) is 5.32 Å². The molecule has 1 fully saturated rings. The van der Waals surface area contributed by atoms with E-state index in [4.69, 9.17) is 18.0 Å². The molecule has 0 aliphatic heterocycles. The molecule has 19 heavy (non-hydrogen) atoms. The molecule has 104 valence electrons. The molecule has 1 saturated carbocycles. The fraction of sp³-hybridized carbons (Fsp3) is 0.571. The van der Waals surface area contributed by atoms with Crippen molar-refractivity contribution in [2.75, 3.05) is 0 Å². The molecular weight excluding hydrogens is 276 g/mol. The molecule has 1 amide bonds. The highest BCUT2D eigenvalue weighted by molar-refractivity contribution is 7.80. The number of hydrogen-bond donors (Lipinski definition) is 2. The summed E-state index contributed by atoms with van der Waals surface area (Å²) in [4.78, 5) is 14.1. The number of carbonyl (C=O) groups excluding carboxylic acids is 1. The van der Waals surface area contributed by atoms with E-state index in [1.165, 1.54) is 0 Å². The summed E-state index contributed by atoms with van der Waals surface area (Å²) in [6.45, 7) is 2.00. The van der Waals surface area contributed by atoms with Gasteiger partial charge in [0.15, 0.2) is 0 Å². The first kappa shape index (κ1) is 14.5. The average Bonchev–Trinajstić information content (AvgIpc) is 2.93. The normalized spacial score (nSPS) is 19.6. The molecule has 1 heterocycles. The van der Waals surface area contributed by atoms with Gasteiger partial charge in [0.25, 0.3) is 0 Å². The van der Waals surface area contributed by atoms with E-state index in [1.807, 2.05) is 24.4 Å². The van der Waals surface area contributed by atoms with Crippen molar-refractivity contribution in [2.45, 2.75) is 45.1 Å². The molecule has 0 saturated heterocycles. The average molecular weight is 296 g/mol. The van der Waals surface area contributed by atoms with Crippen molar-refractivity contribution in [1.29, 1.82) is 0 Å². The van der Waals surface area contributed by atoms with E-state index >= 15 is 0 Å². The molecule has 5 heteroatoms. The van der Waals surface area contributed by atoms with Gasteiger partial charge in [-0.2, -0.15) is 0 Å². The minimum absolute atomic E-state index is 0.000556. The van der Waals surface area contributed by atoms with Gasteiger partial charge in [-0.05, 0) is 31.2 Å². The van der Waals surface area contributed by atoms with Crippen LogP contribution in [-0.4, -0.2) is 10.9 Å². The molecule has 1 atom stereocenters. The fourth-order valence-electron chi connectivity index (χ4n) is 2.68. The minimum Gasteiger partial charge on any atom is -0.392 e. The number of amides is 1. The van der Waals surface area contributed by atoms with Gasteiger partial charge in [0.05, 0.1) is 16.4 Å². The second-order valence-electron chi connectivity index (χ2n) is 5.22. The van der Waals surface area contributed by atoms with E-state index in [0.717, 1.165) is 37.0 Å². The number of carbonyl (C=O) groups is 1. The molecule has 0 radical (unpaired) electrons. The first-order chi connectivity index (χ1) is 9.06. The van der Waals surface area contributed by atoms with Gasteiger partial charge in [-0.1, -0.05) is 37.5 Å². The summed E-state index contributed by atoms with van der Waals surface area (Å²) in [6, 6.07) is 4.04. The van der Waals surface area contributed by atoms with Crippen molar-refractivity contribution in [3.63, 3.8) is 0 Å². The Hall–Kier alpha value is -0.940. The fourth-order valence-corrected chi connectivity index (χ4v) is 3.72. The minimum atomic E-state index is -0.626. The van der Waals surface area contributed by atoms with Gasteiger partial charge in [-0.25, -0.2) is 0 Å². The third-order valence-electron chi connectivity index (χ3n) is 3.93. The Labute approximate surface area is 123 Å². The summed E-state index contributed by atoms with van der Waals surface area (Å²) in [5.74, 6) is 0.000556. The number of thiocarbonyl (C=S) groups is 1. The Morgan fingerprint density at radius 3 is 2.68 bits per heavy atom. The van der Waals surface area contributed by atoms with Crippen LogP contribution in [0.25, 0.3) is 0 Å². The Bertz CT molecular complexity index is 450. The Morgan fingerprint density at radius 2 is 2.16 bits per heavy atom. The summed E-state index contributed by atoms with van der Waals surface area (Å²) in [5, 5.41) is 5.09. The van der Waals surface area contributed by atoms with E-state index in [-0.39, 0.29) is 11.9 Å². The van der Waals surface area contributed by atoms with E-state index in [0.29, 0.717) is 4.99 Å². The van der Waals surface area contributed by atoms with Crippen LogP contribution < -0.4 is 11.1 Å². The van der Waals surface area contributed by atoms with E-state index in [9.17, 15) is 4.79 Å². The van der Waals surface area contributed by atoms with Crippen molar-refractivity contribution >= 4 is 34.5 Å². The smallest absolute Gasteiger partial charge is 0.233 e. The topological polar surface area (TPSA) is 55.1 Å². The molecule has 1 aromatic heterocycles. The number of rotatable bonds is 4. The van der Waals surface area contributed by atoms with Crippen LogP contribution in [0.2, 0.25) is 0 Å². The van der Waals surface area contributed by atoms with E-state index < -0.39 is 5.41 Å². The number of thiophene rings is 1. The maximum Gasteiger partial charge on any atom is 0.233 e. The van der Waals surface area contributed by atoms with Crippen LogP contribution in [0.3, 0.4) is 0 Å². The predicted octanol–water partition coefficient (Wildman–Crippen LogP) is 3.16. The van der Waals surface area contributed by atoms with Gasteiger partial charge in [0, 0.05) is 4.88 Å². The quantitative estimate of drug-likeness (QED) is 0.839. The van der Waals surface area contributed by atoms with Crippen LogP contribution in [0.1, 0.15) is 49.9 Å². The van der Waals surface area contributed by atoms with Gasteiger partial charge in [-0.3, -0.25) is 4.79 Å². The van der Waals surface area contributed by atoms with Crippen molar-refractivity contribution < 1.29 is 4.79 Å². The van der Waals surface area contributed by atoms with Gasteiger partial charge < -0.3 is 11.1 Å². The van der Waals surface area contributed by atoms with Crippen molar-refractivity contribution in [3.8, 4) is 0 Å². The first-order valence-electron chi connectivity index (χ1n) is 6.70. The molecule has 0 bridgehead atoms. The van der Waals surface area contributed by atoms with E-state index in [2.05, 4.69) is 5.32 Å². The van der Waals surface area contributed by atoms with Crippen LogP contribution in [-0.2, 0) is 4.79 Å². The number of nitrogens with one attached hydrogen (secondary N) is 1. The van der Waals surface area contributed by atoms with Crippen LogP contribution in [0.4, 0.5) is 0 Å². The molecule has 1 aliphatic carbocycles. The molecule has 0 aromatic carbocycles. The number of hydrogen-bond acceptors (Lipinski definition) is 3. The second-order valence-corrected chi connectivity index (χ2v) is 6.64. The summed E-state index contributed by atoms with van der Waals surface area (Å²) in [6.07, 6.45) is 4.78. The zero-order valence-corrected chi connectivity index (χ0v) is 12.8. The summed E-state index contributed by atoms with van der Waals surface area (Å²) in [7, 11) is 0. The first-order valence-corrected chi connectivity index (χ1v) is 7.99. The lowest BCUT2D eigenvalue weighted by atomic mass is 9.73. The van der Waals surface area contributed by atoms with Gasteiger partial charge in [0.2, 0.25) is 5.91 Å². The highest BCUT2D eigenvalue weighted by Crippen LogP contribution is 2.37. The molecular formula is C14H20N2OS2. The standard InChI is InChI=1S/C14H20N2OS2/c1-10(11-6-5-9-19-11)16-13(17)14(12(15)18)7-3-2-4-8-14/h5-6,9-10H,2-4,7-8H2,1H3,(H2,15,18)(H,16,17). The zero-order chi connectivity index (χ0) is 13.9. The molecule has 2 rings (SSSR count). The monoisotopic (exact) mass is 296 g/mol. The SMILES string of the molecule is CC(NC(=O)C1(C(N)=S)CCCCC1)c1cccs1.